The number of nitrogens with one attached hydrogen (secondary N) is 2. The average Bonchev–Trinajstić information content (AvgIpc) is 2.83. The van der Waals surface area contributed by atoms with E-state index in [0.717, 1.165) is 11.4 Å². The van der Waals surface area contributed by atoms with Gasteiger partial charge in [-0.1, -0.05) is 30.3 Å². The molecular weight excluding hydrogens is 300 g/mol. The molecule has 0 saturated heterocycles. The fourth-order valence-corrected chi connectivity index (χ4v) is 2.81. The van der Waals surface area contributed by atoms with Crippen LogP contribution in [0.2, 0.25) is 0 Å². The molecule has 2 aromatic rings. The Kier molecular flexibility index (Phi) is 5.78. The van der Waals surface area contributed by atoms with Gasteiger partial charge in [-0.2, -0.15) is 5.10 Å². The van der Waals surface area contributed by atoms with Crippen LogP contribution in [-0.4, -0.2) is 27.8 Å². The Morgan fingerprint density at radius 3 is 2.50 bits per heavy atom. The molecular formula is C19H28N4O. The largest absolute Gasteiger partial charge is 0.353 e. The van der Waals surface area contributed by atoms with Crippen LogP contribution in [0, 0.1) is 13.8 Å². The van der Waals surface area contributed by atoms with Gasteiger partial charge in [0.2, 0.25) is 5.91 Å². The molecule has 0 spiro atoms. The number of hydrogen-bond acceptors (Lipinski definition) is 3. The van der Waals surface area contributed by atoms with Gasteiger partial charge in [0.25, 0.3) is 0 Å². The average molecular weight is 328 g/mol. The van der Waals surface area contributed by atoms with E-state index in [-0.39, 0.29) is 24.0 Å². The second kappa shape index (κ2) is 7.62. The molecule has 0 fully saturated rings. The Balaban J connectivity index is 1.85. The second-order valence-electron chi connectivity index (χ2n) is 7.02. The number of aryl methyl sites for hydroxylation is 2. The van der Waals surface area contributed by atoms with E-state index in [1.54, 1.807) is 4.68 Å². The molecule has 130 valence electrons. The van der Waals surface area contributed by atoms with Crippen molar-refractivity contribution in [3.8, 4) is 0 Å². The Bertz CT molecular complexity index is 676. The van der Waals surface area contributed by atoms with Crippen LogP contribution < -0.4 is 10.6 Å². The Hall–Kier alpha value is -2.14. The van der Waals surface area contributed by atoms with Crippen molar-refractivity contribution in [3.63, 3.8) is 0 Å². The molecule has 1 atom stereocenters. The highest BCUT2D eigenvalue weighted by atomic mass is 16.2. The van der Waals surface area contributed by atoms with Gasteiger partial charge in [0.1, 0.15) is 6.54 Å². The highest BCUT2D eigenvalue weighted by molar-refractivity contribution is 5.75. The van der Waals surface area contributed by atoms with Crippen molar-refractivity contribution in [3.05, 3.63) is 53.3 Å². The lowest BCUT2D eigenvalue weighted by atomic mass is 10.0. The molecule has 0 aliphatic rings. The normalized spacial score (nSPS) is 12.9. The van der Waals surface area contributed by atoms with Crippen molar-refractivity contribution in [2.45, 2.75) is 52.7 Å². The number of nitrogens with zero attached hydrogens (tertiary/aromatic N) is 2. The van der Waals surface area contributed by atoms with Crippen LogP contribution in [0.3, 0.4) is 0 Å². The SMILES string of the molecule is Cc1cc(C)n(CC(=O)NCC(C)(C)NC(C)c2ccccc2)n1. The van der Waals surface area contributed by atoms with Crippen molar-refractivity contribution in [1.29, 1.82) is 0 Å². The molecule has 2 N–H and O–H groups in total. The fraction of sp³-hybridized carbons (Fsp3) is 0.474. The third-order valence-corrected chi connectivity index (χ3v) is 4.03. The van der Waals surface area contributed by atoms with Gasteiger partial charge in [-0.15, -0.1) is 0 Å². The van der Waals surface area contributed by atoms with Gasteiger partial charge in [0.15, 0.2) is 0 Å². The zero-order valence-electron chi connectivity index (χ0n) is 15.3. The number of carbonyl (C=O) groups is 1. The molecule has 1 aromatic heterocycles. The summed E-state index contributed by atoms with van der Waals surface area (Å²) in [5.41, 5.74) is 2.95. The monoisotopic (exact) mass is 328 g/mol. The number of carbonyl (C=O) groups excluding carboxylic acids is 1. The van der Waals surface area contributed by atoms with E-state index in [0.29, 0.717) is 6.54 Å². The number of rotatable bonds is 7. The lowest BCUT2D eigenvalue weighted by Crippen LogP contribution is -2.50. The standard InChI is InChI=1S/C19H28N4O/c1-14-11-15(2)23(22-14)12-18(24)20-13-19(4,5)21-16(3)17-9-7-6-8-10-17/h6-11,16,21H,12-13H2,1-5H3,(H,20,24). The van der Waals surface area contributed by atoms with Gasteiger partial charge < -0.3 is 10.6 Å². The topological polar surface area (TPSA) is 59.0 Å². The van der Waals surface area contributed by atoms with Crippen LogP contribution in [0.15, 0.2) is 36.4 Å². The molecule has 1 unspecified atom stereocenters. The highest BCUT2D eigenvalue weighted by Gasteiger charge is 2.21. The van der Waals surface area contributed by atoms with Crippen LogP contribution in [0.5, 0.6) is 0 Å². The minimum Gasteiger partial charge on any atom is -0.353 e. The summed E-state index contributed by atoms with van der Waals surface area (Å²) >= 11 is 0. The third-order valence-electron chi connectivity index (χ3n) is 4.03. The summed E-state index contributed by atoms with van der Waals surface area (Å²) in [6, 6.07) is 12.5. The smallest absolute Gasteiger partial charge is 0.241 e. The van der Waals surface area contributed by atoms with Gasteiger partial charge in [-0.3, -0.25) is 9.48 Å². The second-order valence-corrected chi connectivity index (χ2v) is 7.02. The van der Waals surface area contributed by atoms with E-state index in [9.17, 15) is 4.79 Å². The summed E-state index contributed by atoms with van der Waals surface area (Å²) in [4.78, 5) is 12.2. The minimum absolute atomic E-state index is 0.0246. The van der Waals surface area contributed by atoms with Gasteiger partial charge in [0.05, 0.1) is 5.69 Å². The van der Waals surface area contributed by atoms with E-state index < -0.39 is 0 Å². The lowest BCUT2D eigenvalue weighted by molar-refractivity contribution is -0.122. The first-order valence-corrected chi connectivity index (χ1v) is 8.37. The minimum atomic E-state index is -0.208. The van der Waals surface area contributed by atoms with E-state index in [4.69, 9.17) is 0 Å². The summed E-state index contributed by atoms with van der Waals surface area (Å²) in [6.45, 7) is 11.0. The molecule has 0 bridgehead atoms. The molecule has 0 saturated carbocycles. The van der Waals surface area contributed by atoms with Crippen molar-refractivity contribution in [2.24, 2.45) is 0 Å². The molecule has 0 aliphatic carbocycles. The molecule has 0 radical (unpaired) electrons. The summed E-state index contributed by atoms with van der Waals surface area (Å²) in [6.07, 6.45) is 0. The highest BCUT2D eigenvalue weighted by Crippen LogP contribution is 2.15. The zero-order chi connectivity index (χ0) is 17.7. The summed E-state index contributed by atoms with van der Waals surface area (Å²) in [5.74, 6) is -0.0246. The summed E-state index contributed by atoms with van der Waals surface area (Å²) < 4.78 is 1.73. The first kappa shape index (κ1) is 18.2. The number of hydrogen-bond donors (Lipinski definition) is 2. The first-order valence-electron chi connectivity index (χ1n) is 8.37. The molecule has 1 amide bonds. The van der Waals surface area contributed by atoms with Gasteiger partial charge in [-0.05, 0) is 46.2 Å². The molecule has 5 heteroatoms. The number of benzene rings is 1. The van der Waals surface area contributed by atoms with E-state index in [1.807, 2.05) is 38.1 Å². The Labute approximate surface area is 144 Å². The summed E-state index contributed by atoms with van der Waals surface area (Å²) in [7, 11) is 0. The van der Waals surface area contributed by atoms with Gasteiger partial charge >= 0.3 is 0 Å². The van der Waals surface area contributed by atoms with E-state index in [2.05, 4.69) is 48.6 Å². The predicted octanol–water partition coefficient (Wildman–Crippen LogP) is 2.75. The maximum Gasteiger partial charge on any atom is 0.241 e. The molecule has 0 aliphatic heterocycles. The van der Waals surface area contributed by atoms with E-state index in [1.165, 1.54) is 5.56 Å². The van der Waals surface area contributed by atoms with Crippen LogP contribution in [0.25, 0.3) is 0 Å². The predicted molar refractivity (Wildman–Crippen MR) is 96.8 cm³/mol. The van der Waals surface area contributed by atoms with Crippen LogP contribution in [0.1, 0.15) is 43.8 Å². The van der Waals surface area contributed by atoms with Gasteiger partial charge in [0, 0.05) is 23.8 Å². The number of amides is 1. The Morgan fingerprint density at radius 2 is 1.92 bits per heavy atom. The molecule has 2 rings (SSSR count). The maximum atomic E-state index is 12.2. The quantitative estimate of drug-likeness (QED) is 0.821. The van der Waals surface area contributed by atoms with Crippen LogP contribution in [0.4, 0.5) is 0 Å². The van der Waals surface area contributed by atoms with Crippen molar-refractivity contribution in [1.82, 2.24) is 20.4 Å². The number of aromatic nitrogens is 2. The zero-order valence-corrected chi connectivity index (χ0v) is 15.3. The fourth-order valence-electron chi connectivity index (χ4n) is 2.81. The maximum absolute atomic E-state index is 12.2. The molecule has 5 nitrogen and oxygen atoms in total. The van der Waals surface area contributed by atoms with Crippen LogP contribution >= 0.6 is 0 Å². The van der Waals surface area contributed by atoms with Crippen LogP contribution in [-0.2, 0) is 11.3 Å². The van der Waals surface area contributed by atoms with Crippen molar-refractivity contribution >= 4 is 5.91 Å². The molecule has 1 aromatic carbocycles. The van der Waals surface area contributed by atoms with Crippen molar-refractivity contribution in [2.75, 3.05) is 6.54 Å². The van der Waals surface area contributed by atoms with Crippen molar-refractivity contribution < 1.29 is 4.79 Å². The first-order chi connectivity index (χ1) is 11.3. The lowest BCUT2D eigenvalue weighted by Gasteiger charge is -2.31. The molecule has 1 heterocycles. The summed E-state index contributed by atoms with van der Waals surface area (Å²) in [5, 5.41) is 10.9. The van der Waals surface area contributed by atoms with Gasteiger partial charge in [-0.25, -0.2) is 0 Å². The molecule has 24 heavy (non-hydrogen) atoms. The van der Waals surface area contributed by atoms with E-state index >= 15 is 0 Å². The Morgan fingerprint density at radius 1 is 1.25 bits per heavy atom. The third kappa shape index (κ3) is 5.20.